The van der Waals surface area contributed by atoms with E-state index in [9.17, 15) is 0 Å². The van der Waals surface area contributed by atoms with Crippen LogP contribution >= 0.6 is 11.6 Å². The quantitative estimate of drug-likeness (QED) is 0.701. The summed E-state index contributed by atoms with van der Waals surface area (Å²) in [5, 5.41) is 3.86. The van der Waals surface area contributed by atoms with E-state index in [0.29, 0.717) is 13.2 Å². The molecule has 1 N–H and O–H groups in total. The molecule has 0 aliphatic carbocycles. The summed E-state index contributed by atoms with van der Waals surface area (Å²) in [7, 11) is 1.90. The highest BCUT2D eigenvalue weighted by Crippen LogP contribution is 2.24. The molecule has 0 radical (unpaired) electrons. The van der Waals surface area contributed by atoms with Gasteiger partial charge in [-0.3, -0.25) is 0 Å². The molecule has 102 valence electrons. The molecule has 0 saturated carbocycles. The van der Waals surface area contributed by atoms with E-state index in [4.69, 9.17) is 21.1 Å². The first-order chi connectivity index (χ1) is 8.79. The van der Waals surface area contributed by atoms with Gasteiger partial charge in [-0.1, -0.05) is 36.7 Å². The van der Waals surface area contributed by atoms with E-state index < -0.39 is 0 Å². The summed E-state index contributed by atoms with van der Waals surface area (Å²) in [6.45, 7) is 4.81. The summed E-state index contributed by atoms with van der Waals surface area (Å²) < 4.78 is 11.2. The van der Waals surface area contributed by atoms with Gasteiger partial charge >= 0.3 is 0 Å². The van der Waals surface area contributed by atoms with Crippen molar-refractivity contribution in [3.63, 3.8) is 0 Å². The smallest absolute Gasteiger partial charge is 0.0964 e. The van der Waals surface area contributed by atoms with Gasteiger partial charge in [0.15, 0.2) is 0 Å². The van der Waals surface area contributed by atoms with E-state index in [2.05, 4.69) is 12.2 Å². The normalized spacial score (nSPS) is 12.6. The number of likely N-dealkylation sites (N-methyl/N-ethyl adjacent to an activating group) is 1. The third kappa shape index (κ3) is 5.36. The predicted octanol–water partition coefficient (Wildman–Crippen LogP) is 3.04. The van der Waals surface area contributed by atoms with Gasteiger partial charge in [-0.15, -0.1) is 0 Å². The van der Waals surface area contributed by atoms with E-state index in [1.807, 2.05) is 31.3 Å². The molecule has 1 unspecified atom stereocenters. The largest absolute Gasteiger partial charge is 0.379 e. The Balaban J connectivity index is 2.47. The summed E-state index contributed by atoms with van der Waals surface area (Å²) in [6.07, 6.45) is 0.999. The highest BCUT2D eigenvalue weighted by Gasteiger charge is 2.13. The van der Waals surface area contributed by atoms with Gasteiger partial charge < -0.3 is 14.8 Å². The zero-order valence-corrected chi connectivity index (χ0v) is 11.9. The lowest BCUT2D eigenvalue weighted by atomic mass is 10.1. The van der Waals surface area contributed by atoms with Gasteiger partial charge in [0, 0.05) is 23.7 Å². The van der Waals surface area contributed by atoms with Crippen LogP contribution in [0.15, 0.2) is 24.3 Å². The molecule has 3 nitrogen and oxygen atoms in total. The van der Waals surface area contributed by atoms with Gasteiger partial charge in [0.25, 0.3) is 0 Å². The van der Waals surface area contributed by atoms with Gasteiger partial charge in [-0.25, -0.2) is 0 Å². The van der Waals surface area contributed by atoms with Gasteiger partial charge in [0.1, 0.15) is 0 Å². The maximum atomic E-state index is 6.18. The van der Waals surface area contributed by atoms with Gasteiger partial charge in [0.2, 0.25) is 0 Å². The molecule has 0 bridgehead atoms. The lowest BCUT2D eigenvalue weighted by Gasteiger charge is -2.19. The van der Waals surface area contributed by atoms with Crippen molar-refractivity contribution in [3.8, 4) is 0 Å². The molecule has 4 heteroatoms. The highest BCUT2D eigenvalue weighted by atomic mass is 35.5. The van der Waals surface area contributed by atoms with E-state index in [-0.39, 0.29) is 6.10 Å². The van der Waals surface area contributed by atoms with E-state index in [1.165, 1.54) is 0 Å². The Bertz CT molecular complexity index is 333. The van der Waals surface area contributed by atoms with Crippen LogP contribution in [0.2, 0.25) is 5.02 Å². The lowest BCUT2D eigenvalue weighted by Crippen LogP contribution is -2.21. The maximum absolute atomic E-state index is 6.18. The van der Waals surface area contributed by atoms with E-state index in [1.54, 1.807) is 0 Å². The van der Waals surface area contributed by atoms with Crippen LogP contribution in [0.4, 0.5) is 0 Å². The Hall–Kier alpha value is -0.610. The molecular weight excluding hydrogens is 250 g/mol. The maximum Gasteiger partial charge on any atom is 0.0964 e. The number of halogens is 1. The van der Waals surface area contributed by atoms with Crippen molar-refractivity contribution < 1.29 is 9.47 Å². The average Bonchev–Trinajstić information content (AvgIpc) is 2.38. The molecule has 0 heterocycles. The third-order valence-corrected chi connectivity index (χ3v) is 2.88. The summed E-state index contributed by atoms with van der Waals surface area (Å²) >= 11 is 6.18. The third-order valence-electron chi connectivity index (χ3n) is 2.54. The molecule has 0 aromatic heterocycles. The minimum absolute atomic E-state index is 0.0334. The first-order valence-corrected chi connectivity index (χ1v) is 6.75. The van der Waals surface area contributed by atoms with Crippen molar-refractivity contribution in [1.82, 2.24) is 5.32 Å². The number of hydrogen-bond acceptors (Lipinski definition) is 3. The Morgan fingerprint density at radius 1 is 1.22 bits per heavy atom. The minimum atomic E-state index is -0.0334. The van der Waals surface area contributed by atoms with Crippen molar-refractivity contribution in [3.05, 3.63) is 34.9 Å². The molecule has 0 aliphatic heterocycles. The molecule has 0 aliphatic rings. The number of hydrogen-bond donors (Lipinski definition) is 1. The van der Waals surface area contributed by atoms with Crippen LogP contribution in [0.3, 0.4) is 0 Å². The summed E-state index contributed by atoms with van der Waals surface area (Å²) in [6, 6.07) is 7.78. The fourth-order valence-electron chi connectivity index (χ4n) is 1.68. The molecule has 0 fully saturated rings. The van der Waals surface area contributed by atoms with E-state index in [0.717, 1.165) is 30.2 Å². The summed E-state index contributed by atoms with van der Waals surface area (Å²) in [4.78, 5) is 0. The second-order valence-corrected chi connectivity index (χ2v) is 4.46. The predicted molar refractivity (Wildman–Crippen MR) is 75.2 cm³/mol. The number of nitrogens with one attached hydrogen (secondary N) is 1. The lowest BCUT2D eigenvalue weighted by molar-refractivity contribution is 0.00501. The van der Waals surface area contributed by atoms with Crippen molar-refractivity contribution in [2.45, 2.75) is 19.4 Å². The first kappa shape index (κ1) is 15.4. The molecule has 0 amide bonds. The number of rotatable bonds is 9. The Morgan fingerprint density at radius 3 is 2.67 bits per heavy atom. The van der Waals surface area contributed by atoms with Gasteiger partial charge in [-0.05, 0) is 19.5 Å². The zero-order valence-electron chi connectivity index (χ0n) is 11.1. The van der Waals surface area contributed by atoms with Crippen LogP contribution < -0.4 is 5.32 Å². The minimum Gasteiger partial charge on any atom is -0.379 e. The highest BCUT2D eigenvalue weighted by molar-refractivity contribution is 6.31. The first-order valence-electron chi connectivity index (χ1n) is 6.38. The van der Waals surface area contributed by atoms with Crippen LogP contribution in [0.5, 0.6) is 0 Å². The summed E-state index contributed by atoms with van der Waals surface area (Å²) in [5.41, 5.74) is 1.02. The van der Waals surface area contributed by atoms with Crippen LogP contribution in [-0.2, 0) is 9.47 Å². The second kappa shape index (κ2) is 9.34. The molecule has 1 aromatic rings. The molecular formula is C14H22ClNO2. The van der Waals surface area contributed by atoms with Crippen LogP contribution in [-0.4, -0.2) is 33.4 Å². The molecule has 1 rings (SSSR count). The van der Waals surface area contributed by atoms with E-state index >= 15 is 0 Å². The second-order valence-electron chi connectivity index (χ2n) is 4.05. The van der Waals surface area contributed by atoms with Crippen molar-refractivity contribution in [2.24, 2.45) is 0 Å². The molecule has 1 aromatic carbocycles. The average molecular weight is 272 g/mol. The molecule has 1 atom stereocenters. The Kier molecular flexibility index (Phi) is 8.01. The van der Waals surface area contributed by atoms with Crippen LogP contribution in [0, 0.1) is 0 Å². The van der Waals surface area contributed by atoms with Crippen molar-refractivity contribution in [2.75, 3.05) is 33.4 Å². The van der Waals surface area contributed by atoms with Crippen molar-refractivity contribution in [1.29, 1.82) is 0 Å². The molecule has 0 spiro atoms. The monoisotopic (exact) mass is 271 g/mol. The van der Waals surface area contributed by atoms with Crippen LogP contribution in [0.1, 0.15) is 25.0 Å². The van der Waals surface area contributed by atoms with Crippen molar-refractivity contribution >= 4 is 11.6 Å². The molecule has 0 saturated heterocycles. The topological polar surface area (TPSA) is 30.5 Å². The fourth-order valence-corrected chi connectivity index (χ4v) is 1.93. The van der Waals surface area contributed by atoms with Gasteiger partial charge in [-0.2, -0.15) is 0 Å². The van der Waals surface area contributed by atoms with Crippen LogP contribution in [0.25, 0.3) is 0 Å². The van der Waals surface area contributed by atoms with Gasteiger partial charge in [0.05, 0.1) is 19.3 Å². The Labute approximate surface area is 114 Å². The zero-order chi connectivity index (χ0) is 13.2. The number of ether oxygens (including phenoxy) is 2. The SMILES string of the molecule is CCCOCCOC(CNC)c1ccccc1Cl. The Morgan fingerprint density at radius 2 is 2.00 bits per heavy atom. The fraction of sp³-hybridized carbons (Fsp3) is 0.571. The standard InChI is InChI=1S/C14H22ClNO2/c1-3-8-17-9-10-18-14(11-16-2)12-6-4-5-7-13(12)15/h4-7,14,16H,3,8-11H2,1-2H3. The molecule has 18 heavy (non-hydrogen) atoms. The summed E-state index contributed by atoms with van der Waals surface area (Å²) in [5.74, 6) is 0. The number of benzene rings is 1.